The Balaban J connectivity index is 1.31. The molecule has 1 saturated carbocycles. The van der Waals surface area contributed by atoms with Crippen molar-refractivity contribution in [3.63, 3.8) is 0 Å². The quantitative estimate of drug-likeness (QED) is 0.758. The van der Waals surface area contributed by atoms with Gasteiger partial charge in [-0.25, -0.2) is 4.98 Å². The number of aromatic amines is 1. The molecule has 1 aliphatic carbocycles. The van der Waals surface area contributed by atoms with Crippen LogP contribution in [0.25, 0.3) is 0 Å². The molecule has 7 nitrogen and oxygen atoms in total. The van der Waals surface area contributed by atoms with Crippen molar-refractivity contribution >= 4 is 29.0 Å². The molecule has 8 heteroatoms. The van der Waals surface area contributed by atoms with Crippen LogP contribution in [0.3, 0.4) is 0 Å². The maximum atomic E-state index is 12.4. The van der Waals surface area contributed by atoms with Crippen LogP contribution in [-0.4, -0.2) is 52.6 Å². The van der Waals surface area contributed by atoms with Crippen LogP contribution in [0.2, 0.25) is 0 Å². The number of hydrogen-bond donors (Lipinski definition) is 2. The molecule has 2 heterocycles. The highest BCUT2D eigenvalue weighted by atomic mass is 32.2. The normalized spacial score (nSPS) is 18.6. The largest absolute Gasteiger partial charge is 0.378 e. The van der Waals surface area contributed by atoms with E-state index in [1.165, 1.54) is 24.6 Å². The first kappa shape index (κ1) is 17.4. The average Bonchev–Trinajstić information content (AvgIpc) is 3.42. The van der Waals surface area contributed by atoms with Gasteiger partial charge in [0.25, 0.3) is 0 Å². The van der Waals surface area contributed by atoms with Crippen LogP contribution in [0.4, 0.5) is 11.4 Å². The van der Waals surface area contributed by atoms with Gasteiger partial charge in [-0.2, -0.15) is 0 Å². The van der Waals surface area contributed by atoms with Gasteiger partial charge in [-0.3, -0.25) is 9.89 Å². The minimum absolute atomic E-state index is 0.0492. The number of benzene rings is 1. The predicted octanol–water partition coefficient (Wildman–Crippen LogP) is 2.64. The number of H-pyrrole nitrogens is 1. The van der Waals surface area contributed by atoms with Gasteiger partial charge in [-0.05, 0) is 44.0 Å². The highest BCUT2D eigenvalue weighted by Gasteiger charge is 2.28. The number of rotatable bonds is 6. The molecule has 138 valence electrons. The molecule has 1 aliphatic heterocycles. The summed E-state index contributed by atoms with van der Waals surface area (Å²) in [7, 11) is 0. The van der Waals surface area contributed by atoms with Crippen LogP contribution in [-0.2, 0) is 9.53 Å². The van der Waals surface area contributed by atoms with E-state index in [0.717, 1.165) is 43.5 Å². The zero-order valence-electron chi connectivity index (χ0n) is 14.8. The van der Waals surface area contributed by atoms with Crippen LogP contribution < -0.4 is 10.2 Å². The number of carbonyl (C=O) groups excluding carboxylic acids is 1. The zero-order valence-corrected chi connectivity index (χ0v) is 15.6. The van der Waals surface area contributed by atoms with Crippen LogP contribution in [0.5, 0.6) is 0 Å². The molecule has 0 bridgehead atoms. The van der Waals surface area contributed by atoms with Crippen LogP contribution in [0.15, 0.2) is 29.4 Å². The number of carbonyl (C=O) groups is 1. The fraction of sp³-hybridized carbons (Fsp3) is 0.500. The summed E-state index contributed by atoms with van der Waals surface area (Å²) in [6.45, 7) is 5.20. The van der Waals surface area contributed by atoms with Crippen molar-refractivity contribution in [1.29, 1.82) is 0 Å². The van der Waals surface area contributed by atoms with Gasteiger partial charge in [0.15, 0.2) is 0 Å². The van der Waals surface area contributed by atoms with Crippen molar-refractivity contribution in [3.05, 3.63) is 30.1 Å². The Labute approximate surface area is 156 Å². The number of aromatic nitrogens is 3. The second-order valence-electron chi connectivity index (χ2n) is 6.67. The highest BCUT2D eigenvalue weighted by Crippen LogP contribution is 2.38. The number of morpholine rings is 1. The Kier molecular flexibility index (Phi) is 5.12. The fourth-order valence-corrected chi connectivity index (χ4v) is 3.61. The van der Waals surface area contributed by atoms with E-state index in [0.29, 0.717) is 11.1 Å². The van der Waals surface area contributed by atoms with Crippen molar-refractivity contribution in [1.82, 2.24) is 15.2 Å². The second kappa shape index (κ2) is 7.67. The van der Waals surface area contributed by atoms with Crippen molar-refractivity contribution in [2.75, 3.05) is 36.5 Å². The van der Waals surface area contributed by atoms with E-state index in [4.69, 9.17) is 4.74 Å². The Hall–Kier alpha value is -2.06. The van der Waals surface area contributed by atoms with Gasteiger partial charge >= 0.3 is 0 Å². The van der Waals surface area contributed by atoms with Gasteiger partial charge in [0.05, 0.1) is 18.5 Å². The summed E-state index contributed by atoms with van der Waals surface area (Å²) >= 11 is 1.38. The van der Waals surface area contributed by atoms with Gasteiger partial charge in [0.2, 0.25) is 11.1 Å². The number of nitrogens with zero attached hydrogens (tertiary/aromatic N) is 3. The smallest absolute Gasteiger partial charge is 0.237 e. The molecule has 1 saturated heterocycles. The summed E-state index contributed by atoms with van der Waals surface area (Å²) in [5.74, 6) is 1.43. The van der Waals surface area contributed by atoms with Gasteiger partial charge in [0, 0.05) is 30.4 Å². The molecular weight excluding hydrogens is 350 g/mol. The average molecular weight is 373 g/mol. The predicted molar refractivity (Wildman–Crippen MR) is 102 cm³/mol. The lowest BCUT2D eigenvalue weighted by atomic mass is 10.2. The molecule has 1 aromatic carbocycles. The first-order chi connectivity index (χ1) is 12.7. The molecular formula is C18H23N5O2S. The molecule has 1 amide bonds. The van der Waals surface area contributed by atoms with E-state index in [-0.39, 0.29) is 11.2 Å². The lowest BCUT2D eigenvalue weighted by Gasteiger charge is -2.28. The number of anilines is 2. The van der Waals surface area contributed by atoms with Crippen LogP contribution in [0.1, 0.15) is 31.5 Å². The molecule has 26 heavy (non-hydrogen) atoms. The van der Waals surface area contributed by atoms with Gasteiger partial charge in [-0.15, -0.1) is 5.10 Å². The summed E-state index contributed by atoms with van der Waals surface area (Å²) in [6.07, 6.45) is 2.35. The SMILES string of the molecule is CC(Sc1n[nH]c(C2CC2)n1)C(=O)Nc1ccc(N2CCOCC2)cc1. The van der Waals surface area contributed by atoms with Crippen LogP contribution >= 0.6 is 11.8 Å². The number of ether oxygens (including phenoxy) is 1. The van der Waals surface area contributed by atoms with Crippen molar-refractivity contribution in [2.45, 2.75) is 36.1 Å². The van der Waals surface area contributed by atoms with E-state index in [1.807, 2.05) is 31.2 Å². The van der Waals surface area contributed by atoms with Gasteiger partial charge < -0.3 is 15.0 Å². The number of amides is 1. The topological polar surface area (TPSA) is 83.1 Å². The van der Waals surface area contributed by atoms with E-state index >= 15 is 0 Å². The first-order valence-electron chi connectivity index (χ1n) is 9.01. The molecule has 2 N–H and O–H groups in total. The summed E-state index contributed by atoms with van der Waals surface area (Å²) in [6, 6.07) is 7.96. The Morgan fingerprint density at radius 2 is 2.04 bits per heavy atom. The van der Waals surface area contributed by atoms with Crippen LogP contribution in [0, 0.1) is 0 Å². The molecule has 1 unspecified atom stereocenters. The van der Waals surface area contributed by atoms with E-state index in [1.54, 1.807) is 0 Å². The summed E-state index contributed by atoms with van der Waals surface area (Å²) < 4.78 is 5.38. The number of nitrogens with one attached hydrogen (secondary N) is 2. The summed E-state index contributed by atoms with van der Waals surface area (Å²) in [4.78, 5) is 19.2. The Morgan fingerprint density at radius 3 is 2.73 bits per heavy atom. The zero-order chi connectivity index (χ0) is 17.9. The minimum Gasteiger partial charge on any atom is -0.378 e. The lowest BCUT2D eigenvalue weighted by molar-refractivity contribution is -0.115. The third-order valence-electron chi connectivity index (χ3n) is 4.61. The minimum atomic E-state index is -0.267. The maximum absolute atomic E-state index is 12.4. The van der Waals surface area contributed by atoms with Gasteiger partial charge in [-0.1, -0.05) is 11.8 Å². The first-order valence-corrected chi connectivity index (χ1v) is 9.89. The Morgan fingerprint density at radius 1 is 1.31 bits per heavy atom. The molecule has 1 aromatic heterocycles. The third-order valence-corrected chi connectivity index (χ3v) is 5.57. The van der Waals surface area contributed by atoms with Gasteiger partial charge in [0.1, 0.15) is 5.82 Å². The second-order valence-corrected chi connectivity index (χ2v) is 7.98. The van der Waals surface area contributed by atoms with Crippen molar-refractivity contribution in [3.8, 4) is 0 Å². The highest BCUT2D eigenvalue weighted by molar-refractivity contribution is 8.00. The number of hydrogen-bond acceptors (Lipinski definition) is 6. The monoisotopic (exact) mass is 373 g/mol. The molecule has 2 aliphatic rings. The molecule has 0 radical (unpaired) electrons. The third kappa shape index (κ3) is 4.19. The lowest BCUT2D eigenvalue weighted by Crippen LogP contribution is -2.36. The summed E-state index contributed by atoms with van der Waals surface area (Å²) in [5, 5.41) is 10.5. The molecule has 2 aromatic rings. The molecule has 2 fully saturated rings. The van der Waals surface area contributed by atoms with Crippen molar-refractivity contribution < 1.29 is 9.53 Å². The van der Waals surface area contributed by atoms with E-state index in [9.17, 15) is 4.79 Å². The Bertz CT molecular complexity index is 753. The van der Waals surface area contributed by atoms with E-state index in [2.05, 4.69) is 25.4 Å². The maximum Gasteiger partial charge on any atom is 0.237 e. The molecule has 4 rings (SSSR count). The summed E-state index contributed by atoms with van der Waals surface area (Å²) in [5.41, 5.74) is 1.95. The molecule has 0 spiro atoms. The molecule has 1 atom stereocenters. The van der Waals surface area contributed by atoms with Crippen molar-refractivity contribution in [2.24, 2.45) is 0 Å². The standard InChI is InChI=1S/C18H23N5O2S/c1-12(26-18-20-16(21-22-18)13-2-3-13)17(24)19-14-4-6-15(7-5-14)23-8-10-25-11-9-23/h4-7,12-13H,2-3,8-11H2,1H3,(H,19,24)(H,20,21,22). The number of thioether (sulfide) groups is 1. The van der Waals surface area contributed by atoms with E-state index < -0.39 is 0 Å². The fourth-order valence-electron chi connectivity index (χ4n) is 2.88.